The van der Waals surface area contributed by atoms with Crippen LogP contribution in [0, 0.1) is 11.3 Å². The third-order valence-electron chi connectivity index (χ3n) is 7.18. The Kier molecular flexibility index (Phi) is 4.36. The first kappa shape index (κ1) is 16.9. The Morgan fingerprint density at radius 1 is 1.27 bits per heavy atom. The molecule has 4 aliphatic rings. The fraction of sp³-hybridized carbons (Fsp3) is 0.750. The van der Waals surface area contributed by atoms with Crippen molar-refractivity contribution in [2.24, 2.45) is 16.3 Å². The van der Waals surface area contributed by atoms with Crippen LogP contribution in [0.15, 0.2) is 22.5 Å². The zero-order chi connectivity index (χ0) is 17.6. The number of aliphatic imine (C=N–C) groups is 1. The van der Waals surface area contributed by atoms with Crippen LogP contribution in [0.25, 0.3) is 0 Å². The average Bonchev–Trinajstić information content (AvgIpc) is 3.42. The molecule has 2 aliphatic heterocycles. The summed E-state index contributed by atoms with van der Waals surface area (Å²) in [6.07, 6.45) is 7.11. The number of ether oxygens (including phenoxy) is 1. The standard InChI is InChI=1S/C20H30N4OS/c1-21-19(24-11-9-23(10-12-24)16-5-4-14-26-16)22-17-15-6-13-25-18(15)20(17)7-2-3-8-20/h4-5,14-15,17-18H,2-3,6-13H2,1H3,(H,21,22). The lowest BCUT2D eigenvalue weighted by atomic mass is 9.54. The van der Waals surface area contributed by atoms with Gasteiger partial charge in [0.25, 0.3) is 0 Å². The second-order valence-electron chi connectivity index (χ2n) is 8.28. The Balaban J connectivity index is 1.25. The van der Waals surface area contributed by atoms with Crippen molar-refractivity contribution in [3.05, 3.63) is 17.5 Å². The minimum atomic E-state index is 0.385. The van der Waals surface area contributed by atoms with Crippen LogP contribution in [0.4, 0.5) is 5.00 Å². The van der Waals surface area contributed by atoms with E-state index in [2.05, 4.69) is 37.6 Å². The zero-order valence-corrected chi connectivity index (χ0v) is 16.5. The van der Waals surface area contributed by atoms with Crippen molar-refractivity contribution in [3.8, 4) is 0 Å². The first-order chi connectivity index (χ1) is 12.8. The highest BCUT2D eigenvalue weighted by Crippen LogP contribution is 2.60. The summed E-state index contributed by atoms with van der Waals surface area (Å²) in [4.78, 5) is 9.62. The minimum Gasteiger partial charge on any atom is -0.377 e. The van der Waals surface area contributed by atoms with Crippen LogP contribution < -0.4 is 10.2 Å². The quantitative estimate of drug-likeness (QED) is 0.638. The number of hydrogen-bond acceptors (Lipinski definition) is 4. The summed E-state index contributed by atoms with van der Waals surface area (Å²) >= 11 is 1.84. The number of anilines is 1. The summed E-state index contributed by atoms with van der Waals surface area (Å²) in [6, 6.07) is 4.93. The van der Waals surface area contributed by atoms with Crippen molar-refractivity contribution in [1.82, 2.24) is 10.2 Å². The highest BCUT2D eigenvalue weighted by atomic mass is 32.1. The maximum absolute atomic E-state index is 6.14. The molecule has 2 saturated carbocycles. The molecule has 2 aliphatic carbocycles. The Morgan fingerprint density at radius 2 is 2.08 bits per heavy atom. The van der Waals surface area contributed by atoms with Gasteiger partial charge in [0.05, 0.1) is 11.1 Å². The van der Waals surface area contributed by atoms with Crippen molar-refractivity contribution in [2.75, 3.05) is 44.7 Å². The predicted molar refractivity (Wildman–Crippen MR) is 107 cm³/mol. The number of nitrogens with one attached hydrogen (secondary N) is 1. The van der Waals surface area contributed by atoms with Crippen LogP contribution in [-0.2, 0) is 4.74 Å². The summed E-state index contributed by atoms with van der Waals surface area (Å²) in [7, 11) is 1.94. The molecule has 1 aromatic heterocycles. The molecule has 5 nitrogen and oxygen atoms in total. The number of piperazine rings is 1. The lowest BCUT2D eigenvalue weighted by Gasteiger charge is -2.57. The van der Waals surface area contributed by atoms with E-state index in [0.717, 1.165) is 38.7 Å². The van der Waals surface area contributed by atoms with E-state index in [1.807, 2.05) is 18.4 Å². The molecular weight excluding hydrogens is 344 g/mol. The van der Waals surface area contributed by atoms with Gasteiger partial charge in [-0.25, -0.2) is 0 Å². The molecule has 26 heavy (non-hydrogen) atoms. The molecule has 4 fully saturated rings. The van der Waals surface area contributed by atoms with Crippen molar-refractivity contribution in [1.29, 1.82) is 0 Å². The maximum Gasteiger partial charge on any atom is 0.194 e. The molecular formula is C20H30N4OS. The van der Waals surface area contributed by atoms with Gasteiger partial charge in [0, 0.05) is 57.2 Å². The third kappa shape index (κ3) is 2.56. The smallest absolute Gasteiger partial charge is 0.194 e. The number of guanidine groups is 1. The minimum absolute atomic E-state index is 0.385. The molecule has 2 saturated heterocycles. The fourth-order valence-electron chi connectivity index (χ4n) is 5.93. The number of rotatable bonds is 2. The van der Waals surface area contributed by atoms with E-state index in [1.54, 1.807) is 0 Å². The van der Waals surface area contributed by atoms with Crippen LogP contribution in [0.3, 0.4) is 0 Å². The van der Waals surface area contributed by atoms with Gasteiger partial charge in [-0.3, -0.25) is 4.99 Å². The molecule has 1 spiro atoms. The SMILES string of the molecule is CN=C(NC1C2CCOC2C12CCCC2)N1CCN(c2cccs2)CC1. The summed E-state index contributed by atoms with van der Waals surface area (Å²) in [5, 5.41) is 7.46. The van der Waals surface area contributed by atoms with E-state index in [4.69, 9.17) is 4.74 Å². The van der Waals surface area contributed by atoms with E-state index >= 15 is 0 Å². The third-order valence-corrected chi connectivity index (χ3v) is 8.11. The monoisotopic (exact) mass is 374 g/mol. The van der Waals surface area contributed by atoms with Crippen LogP contribution in [0.1, 0.15) is 32.1 Å². The first-order valence-electron chi connectivity index (χ1n) is 10.2. The van der Waals surface area contributed by atoms with Gasteiger partial charge in [0.15, 0.2) is 5.96 Å². The molecule has 0 radical (unpaired) electrons. The highest BCUT2D eigenvalue weighted by molar-refractivity contribution is 7.14. The molecule has 5 rings (SSSR count). The molecule has 3 heterocycles. The van der Waals surface area contributed by atoms with Crippen LogP contribution in [0.5, 0.6) is 0 Å². The molecule has 6 heteroatoms. The normalized spacial score (nSPS) is 33.4. The summed E-state index contributed by atoms with van der Waals surface area (Å²) in [6.45, 7) is 5.19. The molecule has 3 unspecified atom stereocenters. The summed E-state index contributed by atoms with van der Waals surface area (Å²) in [5.41, 5.74) is 0.385. The van der Waals surface area contributed by atoms with Gasteiger partial charge >= 0.3 is 0 Å². The van der Waals surface area contributed by atoms with Crippen LogP contribution in [0.2, 0.25) is 0 Å². The second kappa shape index (κ2) is 6.71. The molecule has 1 N–H and O–H groups in total. The lowest BCUT2D eigenvalue weighted by molar-refractivity contribution is -0.125. The molecule has 142 valence electrons. The van der Waals surface area contributed by atoms with Gasteiger partial charge in [0.2, 0.25) is 0 Å². The molecule has 0 amide bonds. The topological polar surface area (TPSA) is 40.1 Å². The first-order valence-corrected chi connectivity index (χ1v) is 11.1. The molecule has 1 aromatic rings. The van der Waals surface area contributed by atoms with E-state index in [9.17, 15) is 0 Å². The van der Waals surface area contributed by atoms with E-state index in [0.29, 0.717) is 23.5 Å². The van der Waals surface area contributed by atoms with Crippen molar-refractivity contribution in [3.63, 3.8) is 0 Å². The van der Waals surface area contributed by atoms with Crippen LogP contribution in [-0.4, -0.2) is 62.8 Å². The zero-order valence-electron chi connectivity index (χ0n) is 15.7. The summed E-state index contributed by atoms with van der Waals surface area (Å²) < 4.78 is 6.14. The highest BCUT2D eigenvalue weighted by Gasteiger charge is 2.65. The number of nitrogens with zero attached hydrogens (tertiary/aromatic N) is 3. The Bertz CT molecular complexity index is 647. The Hall–Kier alpha value is -1.27. The lowest BCUT2D eigenvalue weighted by Crippen LogP contribution is -2.70. The number of hydrogen-bond donors (Lipinski definition) is 1. The van der Waals surface area contributed by atoms with Crippen molar-refractivity contribution in [2.45, 2.75) is 44.2 Å². The van der Waals surface area contributed by atoms with E-state index in [1.165, 1.54) is 37.1 Å². The van der Waals surface area contributed by atoms with Crippen LogP contribution >= 0.6 is 11.3 Å². The van der Waals surface area contributed by atoms with Gasteiger partial charge in [0.1, 0.15) is 0 Å². The van der Waals surface area contributed by atoms with Gasteiger partial charge < -0.3 is 19.9 Å². The fourth-order valence-corrected chi connectivity index (χ4v) is 6.71. The second-order valence-corrected chi connectivity index (χ2v) is 9.20. The largest absolute Gasteiger partial charge is 0.377 e. The Morgan fingerprint density at radius 3 is 2.77 bits per heavy atom. The van der Waals surface area contributed by atoms with E-state index < -0.39 is 0 Å². The predicted octanol–water partition coefficient (Wildman–Crippen LogP) is 2.79. The molecule has 3 atom stereocenters. The maximum atomic E-state index is 6.14. The molecule has 0 bridgehead atoms. The summed E-state index contributed by atoms with van der Waals surface area (Å²) in [5.74, 6) is 1.80. The van der Waals surface area contributed by atoms with Gasteiger partial charge in [-0.1, -0.05) is 12.8 Å². The van der Waals surface area contributed by atoms with Crippen molar-refractivity contribution < 1.29 is 4.74 Å². The number of fused-ring (bicyclic) bond motifs is 2. The molecule has 0 aromatic carbocycles. The van der Waals surface area contributed by atoms with E-state index in [-0.39, 0.29) is 0 Å². The van der Waals surface area contributed by atoms with Gasteiger partial charge in [-0.15, -0.1) is 11.3 Å². The average molecular weight is 375 g/mol. The van der Waals surface area contributed by atoms with Crippen molar-refractivity contribution >= 4 is 22.3 Å². The van der Waals surface area contributed by atoms with Gasteiger partial charge in [-0.2, -0.15) is 0 Å². The van der Waals surface area contributed by atoms with Gasteiger partial charge in [-0.05, 0) is 36.8 Å². The Labute approximate surface area is 160 Å². The number of thiophene rings is 1.